The summed E-state index contributed by atoms with van der Waals surface area (Å²) < 4.78 is 27.9. The highest BCUT2D eigenvalue weighted by Crippen LogP contribution is 1.99. The van der Waals surface area contributed by atoms with Crippen molar-refractivity contribution in [2.24, 2.45) is 0 Å². The van der Waals surface area contributed by atoms with E-state index in [1.165, 1.54) is 14.1 Å². The van der Waals surface area contributed by atoms with Gasteiger partial charge in [-0.25, -0.2) is 0 Å². The largest absolute Gasteiger partial charge is 0.508 e. The summed E-state index contributed by atoms with van der Waals surface area (Å²) in [6, 6.07) is 8.29. The third-order valence-corrected chi connectivity index (χ3v) is 3.06. The van der Waals surface area contributed by atoms with Crippen LogP contribution in [0.1, 0.15) is 0 Å². The zero-order valence-corrected chi connectivity index (χ0v) is 9.31. The van der Waals surface area contributed by atoms with Crippen molar-refractivity contribution in [3.05, 3.63) is 30.3 Å². The van der Waals surface area contributed by atoms with Gasteiger partial charge in [0.1, 0.15) is 0 Å². The molecule has 0 aromatic heterocycles. The van der Waals surface area contributed by atoms with Gasteiger partial charge in [-0.3, -0.25) is 4.10 Å². The summed E-state index contributed by atoms with van der Waals surface area (Å²) in [5, 5.41) is 9.48. The van der Waals surface area contributed by atoms with E-state index in [4.69, 9.17) is 0 Å². The molecule has 0 atom stereocenters. The first-order chi connectivity index (χ1) is 6.93. The van der Waals surface area contributed by atoms with E-state index in [-0.39, 0.29) is 0 Å². The zero-order chi connectivity index (χ0) is 11.5. The van der Waals surface area contributed by atoms with Crippen LogP contribution in [0.25, 0.3) is 0 Å². The molecule has 0 spiro atoms. The monoisotopic (exact) mass is 229 g/mol. The van der Waals surface area contributed by atoms with E-state index in [2.05, 4.69) is 4.10 Å². The number of benzene rings is 1. The van der Waals surface area contributed by atoms with Crippen LogP contribution in [0.15, 0.2) is 30.3 Å². The normalized spacial score (nSPS) is 11.7. The van der Waals surface area contributed by atoms with E-state index in [0.717, 1.165) is 4.31 Å². The average molecular weight is 229 g/mol. The quantitative estimate of drug-likeness (QED) is 0.686. The number of hydrogen-bond donors (Lipinski definition) is 1. The predicted octanol–water partition coefficient (Wildman–Crippen LogP) is -0.803. The molecule has 15 heavy (non-hydrogen) atoms. The second-order valence-electron chi connectivity index (χ2n) is 3.10. The lowest BCUT2D eigenvalue weighted by atomic mass is 9.80. The van der Waals surface area contributed by atoms with Crippen molar-refractivity contribution in [1.82, 2.24) is 4.31 Å². The molecule has 1 aromatic carbocycles. The first-order valence-corrected chi connectivity index (χ1v) is 5.64. The lowest BCUT2D eigenvalue weighted by molar-refractivity contribution is 0.381. The Morgan fingerprint density at radius 1 is 1.27 bits per heavy atom. The number of rotatable bonds is 4. The van der Waals surface area contributed by atoms with Crippen LogP contribution in [0.2, 0.25) is 0 Å². The smallest absolute Gasteiger partial charge is 0.422 e. The maximum absolute atomic E-state index is 11.3. The Hall–Kier alpha value is -0.885. The first-order valence-electron chi connectivity index (χ1n) is 4.27. The molecule has 0 amide bonds. The van der Waals surface area contributed by atoms with E-state index >= 15 is 0 Å². The molecule has 5 nitrogen and oxygen atoms in total. The van der Waals surface area contributed by atoms with Gasteiger partial charge in [0, 0.05) is 14.1 Å². The van der Waals surface area contributed by atoms with Gasteiger partial charge in [0.15, 0.2) is 0 Å². The van der Waals surface area contributed by atoms with Gasteiger partial charge in [-0.2, -0.15) is 12.7 Å². The third kappa shape index (κ3) is 3.31. The van der Waals surface area contributed by atoms with Crippen molar-refractivity contribution in [1.29, 1.82) is 0 Å². The summed E-state index contributed by atoms with van der Waals surface area (Å²) in [6.45, 7) is 0. The van der Waals surface area contributed by atoms with Gasteiger partial charge >= 0.3 is 17.4 Å². The molecule has 7 heteroatoms. The molecule has 1 rings (SSSR count). The van der Waals surface area contributed by atoms with Crippen molar-refractivity contribution in [3.63, 3.8) is 0 Å². The summed E-state index contributed by atoms with van der Waals surface area (Å²) in [6.07, 6.45) is 0. The molecule has 0 fully saturated rings. The molecule has 0 saturated carbocycles. The molecule has 0 aliphatic heterocycles. The predicted molar refractivity (Wildman–Crippen MR) is 57.7 cm³/mol. The summed E-state index contributed by atoms with van der Waals surface area (Å²) in [5.41, 5.74) is 0.392. The Morgan fingerprint density at radius 3 is 2.27 bits per heavy atom. The van der Waals surface area contributed by atoms with Crippen LogP contribution in [0.3, 0.4) is 0 Å². The van der Waals surface area contributed by atoms with Gasteiger partial charge in [-0.1, -0.05) is 30.3 Å². The standard InChI is InChI=1S/C8H12BNO4S/c1-10(2)15(12,13)14-9(11)8-6-4-3-5-7-8/h3-7,11H,1-2H3. The second-order valence-corrected chi connectivity index (χ2v) is 4.88. The fraction of sp³-hybridized carbons (Fsp3) is 0.250. The van der Waals surface area contributed by atoms with Crippen LogP contribution in [0.5, 0.6) is 0 Å². The minimum Gasteiger partial charge on any atom is -0.422 e. The first kappa shape index (κ1) is 12.2. The molecule has 0 aliphatic carbocycles. The Bertz CT molecular complexity index is 406. The lowest BCUT2D eigenvalue weighted by Gasteiger charge is -2.13. The Labute approximate surface area is 89.7 Å². The second kappa shape index (κ2) is 4.76. The Morgan fingerprint density at radius 2 is 1.80 bits per heavy atom. The van der Waals surface area contributed by atoms with Gasteiger partial charge in [0.2, 0.25) is 0 Å². The van der Waals surface area contributed by atoms with Gasteiger partial charge in [-0.05, 0) is 5.46 Å². The van der Waals surface area contributed by atoms with Crippen LogP contribution >= 0.6 is 0 Å². The van der Waals surface area contributed by atoms with Crippen LogP contribution in [0.4, 0.5) is 0 Å². The van der Waals surface area contributed by atoms with Gasteiger partial charge in [0.25, 0.3) is 0 Å². The van der Waals surface area contributed by atoms with E-state index < -0.39 is 17.4 Å². The topological polar surface area (TPSA) is 66.8 Å². The van der Waals surface area contributed by atoms with Crippen molar-refractivity contribution >= 4 is 22.9 Å². The lowest BCUT2D eigenvalue weighted by Crippen LogP contribution is -2.39. The summed E-state index contributed by atoms with van der Waals surface area (Å²) in [5.74, 6) is 0. The highest BCUT2D eigenvalue weighted by molar-refractivity contribution is 7.85. The molecule has 0 heterocycles. The number of hydrogen-bond acceptors (Lipinski definition) is 4. The minimum atomic E-state index is -3.86. The molecule has 0 saturated heterocycles. The van der Waals surface area contributed by atoms with Crippen molar-refractivity contribution in [2.75, 3.05) is 14.1 Å². The third-order valence-electron chi connectivity index (χ3n) is 1.74. The average Bonchev–Trinajstić information content (AvgIpc) is 2.18. The fourth-order valence-electron chi connectivity index (χ4n) is 0.874. The van der Waals surface area contributed by atoms with Gasteiger partial charge in [0.05, 0.1) is 0 Å². The molecule has 1 N–H and O–H groups in total. The van der Waals surface area contributed by atoms with Crippen molar-refractivity contribution in [2.45, 2.75) is 0 Å². The highest BCUT2D eigenvalue weighted by Gasteiger charge is 2.25. The van der Waals surface area contributed by atoms with Crippen molar-refractivity contribution in [3.8, 4) is 0 Å². The molecule has 0 bridgehead atoms. The SMILES string of the molecule is CN(C)S(=O)(=O)OB(O)c1ccccc1. The highest BCUT2D eigenvalue weighted by atomic mass is 32.2. The van der Waals surface area contributed by atoms with Gasteiger partial charge in [-0.15, -0.1) is 0 Å². The van der Waals surface area contributed by atoms with E-state index in [0.29, 0.717) is 5.46 Å². The van der Waals surface area contributed by atoms with Crippen LogP contribution < -0.4 is 5.46 Å². The molecule has 0 aliphatic rings. The van der Waals surface area contributed by atoms with Crippen LogP contribution in [0, 0.1) is 0 Å². The van der Waals surface area contributed by atoms with E-state index in [1.54, 1.807) is 30.3 Å². The van der Waals surface area contributed by atoms with E-state index in [9.17, 15) is 13.4 Å². The summed E-state index contributed by atoms with van der Waals surface area (Å²) >= 11 is 0. The molecular weight excluding hydrogens is 217 g/mol. The Balaban J connectivity index is 2.77. The minimum absolute atomic E-state index is 0.392. The number of nitrogens with zero attached hydrogens (tertiary/aromatic N) is 1. The molecule has 0 unspecified atom stereocenters. The maximum atomic E-state index is 11.3. The van der Waals surface area contributed by atoms with Crippen LogP contribution in [-0.2, 0) is 14.4 Å². The molecule has 0 radical (unpaired) electrons. The summed E-state index contributed by atoms with van der Waals surface area (Å²) in [4.78, 5) is 0. The maximum Gasteiger partial charge on any atom is 0.508 e. The Kier molecular flexibility index (Phi) is 3.86. The fourth-order valence-corrected chi connectivity index (χ4v) is 1.39. The molecular formula is C8H12BNO4S. The van der Waals surface area contributed by atoms with Crippen molar-refractivity contribution < 1.29 is 17.5 Å². The van der Waals surface area contributed by atoms with Crippen LogP contribution in [-0.4, -0.2) is 39.0 Å². The molecule has 82 valence electrons. The zero-order valence-electron chi connectivity index (χ0n) is 8.49. The van der Waals surface area contributed by atoms with Gasteiger partial charge < -0.3 is 5.02 Å². The van der Waals surface area contributed by atoms with E-state index in [1.807, 2.05) is 0 Å². The molecule has 1 aromatic rings. The summed E-state index contributed by atoms with van der Waals surface area (Å²) in [7, 11) is -2.68.